The second-order valence-corrected chi connectivity index (χ2v) is 4.26. The van der Waals surface area contributed by atoms with Gasteiger partial charge in [0.05, 0.1) is 12.2 Å². The molecule has 2 rings (SSSR count). The molecule has 0 spiro atoms. The van der Waals surface area contributed by atoms with Crippen molar-refractivity contribution in [2.45, 2.75) is 44.8 Å². The topological polar surface area (TPSA) is 29.5 Å². The van der Waals surface area contributed by atoms with E-state index in [0.29, 0.717) is 30.7 Å². The maximum Gasteiger partial charge on any atom is 0.0611 e. The molecule has 4 atom stereocenters. The molecule has 2 nitrogen and oxygen atoms in total. The lowest BCUT2D eigenvalue weighted by Gasteiger charge is -2.31. The van der Waals surface area contributed by atoms with Crippen LogP contribution in [0.4, 0.5) is 0 Å². The molecule has 0 unspecified atom stereocenters. The fraction of sp³-hybridized carbons (Fsp3) is 1.00. The molecular formula is C10H18O2. The van der Waals surface area contributed by atoms with Gasteiger partial charge in [-0.25, -0.2) is 0 Å². The Morgan fingerprint density at radius 3 is 3.00 bits per heavy atom. The van der Waals surface area contributed by atoms with Gasteiger partial charge in [0.25, 0.3) is 0 Å². The molecule has 0 aromatic carbocycles. The molecule has 1 saturated carbocycles. The summed E-state index contributed by atoms with van der Waals surface area (Å²) in [5, 5.41) is 9.17. The number of rotatable bonds is 1. The average molecular weight is 170 g/mol. The summed E-state index contributed by atoms with van der Waals surface area (Å²) >= 11 is 0. The number of hydrogen-bond acceptors (Lipinski definition) is 2. The lowest BCUT2D eigenvalue weighted by Crippen LogP contribution is -2.30. The highest BCUT2D eigenvalue weighted by molar-refractivity contribution is 4.88. The van der Waals surface area contributed by atoms with E-state index in [4.69, 9.17) is 9.84 Å². The molecule has 0 amide bonds. The predicted molar refractivity (Wildman–Crippen MR) is 46.9 cm³/mol. The van der Waals surface area contributed by atoms with Crippen molar-refractivity contribution >= 4 is 0 Å². The molecule has 0 bridgehead atoms. The van der Waals surface area contributed by atoms with Crippen LogP contribution in [-0.4, -0.2) is 23.9 Å². The number of ether oxygens (including phenoxy) is 1. The van der Waals surface area contributed by atoms with Crippen LogP contribution in [0.2, 0.25) is 0 Å². The van der Waals surface area contributed by atoms with Crippen LogP contribution in [0.1, 0.15) is 32.6 Å². The van der Waals surface area contributed by atoms with Gasteiger partial charge in [-0.2, -0.15) is 0 Å². The molecule has 1 N–H and O–H groups in total. The molecule has 70 valence electrons. The summed E-state index contributed by atoms with van der Waals surface area (Å²) in [5.74, 6) is 1.17. The fourth-order valence-electron chi connectivity index (χ4n) is 2.79. The molecule has 1 saturated heterocycles. The van der Waals surface area contributed by atoms with Crippen molar-refractivity contribution in [3.8, 4) is 0 Å². The first kappa shape index (κ1) is 8.52. The Labute approximate surface area is 73.9 Å². The Hall–Kier alpha value is -0.0800. The molecule has 1 heterocycles. The summed E-state index contributed by atoms with van der Waals surface area (Å²) in [6.45, 7) is 2.50. The number of fused-ring (bicyclic) bond motifs is 1. The second kappa shape index (κ2) is 3.35. The molecule has 0 radical (unpaired) electrons. The number of aliphatic hydroxyl groups excluding tert-OH is 1. The van der Waals surface area contributed by atoms with Crippen molar-refractivity contribution in [3.63, 3.8) is 0 Å². The van der Waals surface area contributed by atoms with Gasteiger partial charge < -0.3 is 9.84 Å². The third-order valence-electron chi connectivity index (χ3n) is 3.39. The van der Waals surface area contributed by atoms with Gasteiger partial charge >= 0.3 is 0 Å². The second-order valence-electron chi connectivity index (χ2n) is 4.26. The average Bonchev–Trinajstić information content (AvgIpc) is 2.44. The summed E-state index contributed by atoms with van der Waals surface area (Å²) in [6.07, 6.45) is 5.70. The van der Waals surface area contributed by atoms with E-state index in [-0.39, 0.29) is 0 Å². The molecule has 1 aliphatic heterocycles. The molecule has 2 fully saturated rings. The lowest BCUT2D eigenvalue weighted by atomic mass is 9.77. The van der Waals surface area contributed by atoms with E-state index in [1.165, 1.54) is 19.3 Å². The molecule has 2 aliphatic rings. The zero-order chi connectivity index (χ0) is 8.55. The quantitative estimate of drug-likeness (QED) is 0.647. The molecule has 1 aliphatic carbocycles. The van der Waals surface area contributed by atoms with Gasteiger partial charge in [0.1, 0.15) is 0 Å². The molecule has 0 aromatic heterocycles. The first-order chi connectivity index (χ1) is 5.81. The van der Waals surface area contributed by atoms with Gasteiger partial charge in [-0.05, 0) is 38.0 Å². The van der Waals surface area contributed by atoms with E-state index in [1.54, 1.807) is 0 Å². The minimum absolute atomic E-state index is 0.358. The zero-order valence-corrected chi connectivity index (χ0v) is 7.70. The van der Waals surface area contributed by atoms with Gasteiger partial charge in [-0.15, -0.1) is 0 Å². The number of aliphatic hydroxyl groups is 1. The Bertz CT molecular complexity index is 152. The molecular weight excluding hydrogens is 152 g/mol. The third kappa shape index (κ3) is 1.38. The van der Waals surface area contributed by atoms with Crippen LogP contribution in [0, 0.1) is 11.8 Å². The van der Waals surface area contributed by atoms with Crippen LogP contribution in [-0.2, 0) is 4.74 Å². The van der Waals surface area contributed by atoms with Crippen molar-refractivity contribution in [2.75, 3.05) is 6.61 Å². The fourth-order valence-corrected chi connectivity index (χ4v) is 2.79. The lowest BCUT2D eigenvalue weighted by molar-refractivity contribution is 0.00330. The van der Waals surface area contributed by atoms with Crippen LogP contribution < -0.4 is 0 Å². The largest absolute Gasteiger partial charge is 0.396 e. The van der Waals surface area contributed by atoms with Crippen LogP contribution in [0.15, 0.2) is 0 Å². The van der Waals surface area contributed by atoms with Crippen LogP contribution in [0.5, 0.6) is 0 Å². The maximum atomic E-state index is 9.17. The smallest absolute Gasteiger partial charge is 0.0611 e. The summed E-state index contributed by atoms with van der Waals surface area (Å²) < 4.78 is 5.79. The van der Waals surface area contributed by atoms with Crippen LogP contribution >= 0.6 is 0 Å². The third-order valence-corrected chi connectivity index (χ3v) is 3.39. The normalized spacial score (nSPS) is 47.5. The minimum Gasteiger partial charge on any atom is -0.396 e. The van der Waals surface area contributed by atoms with Gasteiger partial charge in [0.15, 0.2) is 0 Å². The van der Waals surface area contributed by atoms with Crippen molar-refractivity contribution in [1.29, 1.82) is 0 Å². The Balaban J connectivity index is 2.02. The zero-order valence-electron chi connectivity index (χ0n) is 7.70. The summed E-state index contributed by atoms with van der Waals surface area (Å²) in [7, 11) is 0. The van der Waals surface area contributed by atoms with Crippen LogP contribution in [0.25, 0.3) is 0 Å². The first-order valence-corrected chi connectivity index (χ1v) is 5.07. The molecule has 2 heteroatoms. The Kier molecular flexibility index (Phi) is 2.37. The van der Waals surface area contributed by atoms with E-state index >= 15 is 0 Å². The van der Waals surface area contributed by atoms with E-state index in [1.807, 2.05) is 0 Å². The SMILES string of the molecule is C[C@H]1C[C@@H]2[C@@H](CO)CCC[C@H]2O1. The van der Waals surface area contributed by atoms with Crippen molar-refractivity contribution in [3.05, 3.63) is 0 Å². The highest BCUT2D eigenvalue weighted by Crippen LogP contribution is 2.40. The summed E-state index contributed by atoms with van der Waals surface area (Å²) in [4.78, 5) is 0. The summed E-state index contributed by atoms with van der Waals surface area (Å²) in [5.41, 5.74) is 0. The van der Waals surface area contributed by atoms with Crippen molar-refractivity contribution in [2.24, 2.45) is 11.8 Å². The summed E-state index contributed by atoms with van der Waals surface area (Å²) in [6, 6.07) is 0. The standard InChI is InChI=1S/C10H18O2/c1-7-5-9-8(6-11)3-2-4-10(9)12-7/h7-11H,2-6H2,1H3/t7-,8+,9+,10+/m0/s1. The first-order valence-electron chi connectivity index (χ1n) is 5.07. The predicted octanol–water partition coefficient (Wildman–Crippen LogP) is 1.57. The Morgan fingerprint density at radius 2 is 2.25 bits per heavy atom. The van der Waals surface area contributed by atoms with E-state index in [0.717, 1.165) is 6.42 Å². The van der Waals surface area contributed by atoms with Gasteiger partial charge in [-0.3, -0.25) is 0 Å². The van der Waals surface area contributed by atoms with E-state index in [2.05, 4.69) is 6.92 Å². The number of hydrogen-bond donors (Lipinski definition) is 1. The van der Waals surface area contributed by atoms with Crippen LogP contribution in [0.3, 0.4) is 0 Å². The van der Waals surface area contributed by atoms with E-state index in [9.17, 15) is 0 Å². The van der Waals surface area contributed by atoms with E-state index < -0.39 is 0 Å². The van der Waals surface area contributed by atoms with Gasteiger partial charge in [0, 0.05) is 6.61 Å². The maximum absolute atomic E-state index is 9.17. The van der Waals surface area contributed by atoms with Gasteiger partial charge in [0.2, 0.25) is 0 Å². The van der Waals surface area contributed by atoms with Crippen molar-refractivity contribution in [1.82, 2.24) is 0 Å². The molecule has 12 heavy (non-hydrogen) atoms. The van der Waals surface area contributed by atoms with Crippen molar-refractivity contribution < 1.29 is 9.84 Å². The highest BCUT2D eigenvalue weighted by Gasteiger charge is 2.39. The minimum atomic E-state index is 0.358. The molecule has 0 aromatic rings. The Morgan fingerprint density at radius 1 is 1.42 bits per heavy atom. The van der Waals surface area contributed by atoms with Gasteiger partial charge in [-0.1, -0.05) is 6.42 Å². The monoisotopic (exact) mass is 170 g/mol. The highest BCUT2D eigenvalue weighted by atomic mass is 16.5.